The van der Waals surface area contributed by atoms with Gasteiger partial charge in [-0.15, -0.1) is 0 Å². The van der Waals surface area contributed by atoms with Crippen molar-refractivity contribution in [2.75, 3.05) is 5.32 Å². The maximum absolute atomic E-state index is 13.2. The number of benzene rings is 1. The highest BCUT2D eigenvalue weighted by molar-refractivity contribution is 5.60. The predicted molar refractivity (Wildman–Crippen MR) is 81.7 cm³/mol. The van der Waals surface area contributed by atoms with E-state index in [0.717, 1.165) is 5.82 Å². The largest absolute Gasteiger partial charge is 0.368 e. The molecule has 2 heterocycles. The van der Waals surface area contributed by atoms with Gasteiger partial charge in [0, 0.05) is 17.8 Å². The van der Waals surface area contributed by atoms with Crippen LogP contribution < -0.4 is 5.32 Å². The molecule has 3 rings (SSSR count). The Morgan fingerprint density at radius 2 is 2.00 bits per heavy atom. The van der Waals surface area contributed by atoms with Gasteiger partial charge in [-0.25, -0.2) is 9.37 Å². The number of pyridine rings is 1. The Morgan fingerprint density at radius 1 is 1.14 bits per heavy atom. The van der Waals surface area contributed by atoms with E-state index in [0.29, 0.717) is 28.9 Å². The number of hydrogen-bond donors (Lipinski definition) is 1. The number of nitrogens with one attached hydrogen (secondary N) is 1. The number of rotatable bonds is 4. The molecular formula is C16H15FN4O. The van der Waals surface area contributed by atoms with E-state index >= 15 is 0 Å². The lowest BCUT2D eigenvalue weighted by atomic mass is 10.2. The lowest BCUT2D eigenvalue weighted by molar-refractivity contribution is 0.432. The van der Waals surface area contributed by atoms with E-state index < -0.39 is 0 Å². The summed E-state index contributed by atoms with van der Waals surface area (Å²) in [6.07, 6.45) is 1.66. The van der Waals surface area contributed by atoms with Crippen molar-refractivity contribution in [2.24, 2.45) is 0 Å². The molecule has 5 nitrogen and oxygen atoms in total. The Hall–Kier alpha value is -2.76. The van der Waals surface area contributed by atoms with Gasteiger partial charge in [-0.1, -0.05) is 17.3 Å². The SMILES string of the molecule is CC(C)Nc1ccc(-c2nc(-c3cccc(F)c3)no2)cn1. The minimum absolute atomic E-state index is 0.307. The zero-order valence-corrected chi connectivity index (χ0v) is 12.2. The quantitative estimate of drug-likeness (QED) is 0.794. The fraction of sp³-hybridized carbons (Fsp3) is 0.188. The zero-order chi connectivity index (χ0) is 15.5. The topological polar surface area (TPSA) is 63.8 Å². The van der Waals surface area contributed by atoms with Crippen molar-refractivity contribution in [1.82, 2.24) is 15.1 Å². The van der Waals surface area contributed by atoms with Crippen molar-refractivity contribution in [3.05, 3.63) is 48.4 Å². The van der Waals surface area contributed by atoms with Crippen molar-refractivity contribution in [3.63, 3.8) is 0 Å². The lowest BCUT2D eigenvalue weighted by Gasteiger charge is -2.08. The number of aromatic nitrogens is 3. The minimum atomic E-state index is -0.338. The molecule has 0 bridgehead atoms. The lowest BCUT2D eigenvalue weighted by Crippen LogP contribution is -2.10. The third-order valence-corrected chi connectivity index (χ3v) is 2.96. The van der Waals surface area contributed by atoms with Crippen LogP contribution in [0, 0.1) is 5.82 Å². The molecule has 0 fully saturated rings. The van der Waals surface area contributed by atoms with Gasteiger partial charge in [0.05, 0.1) is 5.56 Å². The van der Waals surface area contributed by atoms with E-state index in [-0.39, 0.29) is 5.82 Å². The molecule has 0 aliphatic rings. The second-order valence-corrected chi connectivity index (χ2v) is 5.16. The van der Waals surface area contributed by atoms with Gasteiger partial charge in [-0.2, -0.15) is 4.98 Å². The summed E-state index contributed by atoms with van der Waals surface area (Å²) in [6.45, 7) is 4.08. The summed E-state index contributed by atoms with van der Waals surface area (Å²) in [5, 5.41) is 7.08. The van der Waals surface area contributed by atoms with Gasteiger partial charge in [-0.05, 0) is 38.1 Å². The number of halogens is 1. The summed E-state index contributed by atoms with van der Waals surface area (Å²) in [6, 6.07) is 10.1. The predicted octanol–water partition coefficient (Wildman–Crippen LogP) is 3.76. The van der Waals surface area contributed by atoms with E-state index in [1.807, 2.05) is 26.0 Å². The summed E-state index contributed by atoms with van der Waals surface area (Å²) < 4.78 is 18.4. The molecule has 0 radical (unpaired) electrons. The fourth-order valence-electron chi connectivity index (χ4n) is 1.99. The van der Waals surface area contributed by atoms with Gasteiger partial charge in [-0.3, -0.25) is 0 Å². The van der Waals surface area contributed by atoms with Gasteiger partial charge in [0.1, 0.15) is 11.6 Å². The van der Waals surface area contributed by atoms with Crippen LogP contribution >= 0.6 is 0 Å². The van der Waals surface area contributed by atoms with Crippen molar-refractivity contribution in [1.29, 1.82) is 0 Å². The Balaban J connectivity index is 1.84. The van der Waals surface area contributed by atoms with Crippen LogP contribution in [-0.2, 0) is 0 Å². The van der Waals surface area contributed by atoms with Crippen molar-refractivity contribution < 1.29 is 8.91 Å². The van der Waals surface area contributed by atoms with E-state index in [1.54, 1.807) is 18.3 Å². The first-order chi connectivity index (χ1) is 10.6. The molecule has 1 N–H and O–H groups in total. The fourth-order valence-corrected chi connectivity index (χ4v) is 1.99. The molecular weight excluding hydrogens is 283 g/mol. The van der Waals surface area contributed by atoms with Crippen LogP contribution in [0.4, 0.5) is 10.2 Å². The third kappa shape index (κ3) is 3.11. The van der Waals surface area contributed by atoms with Crippen LogP contribution in [0.5, 0.6) is 0 Å². The molecule has 22 heavy (non-hydrogen) atoms. The highest BCUT2D eigenvalue weighted by atomic mass is 19.1. The van der Waals surface area contributed by atoms with Gasteiger partial charge in [0.25, 0.3) is 5.89 Å². The van der Waals surface area contributed by atoms with Gasteiger partial charge in [0.15, 0.2) is 0 Å². The molecule has 0 amide bonds. The first-order valence-corrected chi connectivity index (χ1v) is 6.94. The maximum atomic E-state index is 13.2. The van der Waals surface area contributed by atoms with Crippen LogP contribution in [0.15, 0.2) is 47.1 Å². The Labute approximate surface area is 127 Å². The number of nitrogens with zero attached hydrogens (tertiary/aromatic N) is 3. The van der Waals surface area contributed by atoms with Gasteiger partial charge in [0.2, 0.25) is 5.82 Å². The van der Waals surface area contributed by atoms with Crippen molar-refractivity contribution in [2.45, 2.75) is 19.9 Å². The zero-order valence-electron chi connectivity index (χ0n) is 12.2. The summed E-state index contributed by atoms with van der Waals surface area (Å²) in [7, 11) is 0. The summed E-state index contributed by atoms with van der Waals surface area (Å²) in [5.74, 6) is 1.14. The summed E-state index contributed by atoms with van der Waals surface area (Å²) >= 11 is 0. The molecule has 0 saturated heterocycles. The monoisotopic (exact) mass is 298 g/mol. The molecule has 6 heteroatoms. The second-order valence-electron chi connectivity index (χ2n) is 5.16. The minimum Gasteiger partial charge on any atom is -0.368 e. The molecule has 0 spiro atoms. The highest BCUT2D eigenvalue weighted by Gasteiger charge is 2.11. The second kappa shape index (κ2) is 5.93. The average Bonchev–Trinajstić information content (AvgIpc) is 2.97. The average molecular weight is 298 g/mol. The van der Waals surface area contributed by atoms with Crippen molar-refractivity contribution >= 4 is 5.82 Å². The van der Waals surface area contributed by atoms with E-state index in [1.165, 1.54) is 12.1 Å². The van der Waals surface area contributed by atoms with Crippen LogP contribution in [0.3, 0.4) is 0 Å². The maximum Gasteiger partial charge on any atom is 0.259 e. The van der Waals surface area contributed by atoms with Crippen LogP contribution in [0.25, 0.3) is 22.8 Å². The van der Waals surface area contributed by atoms with E-state index in [9.17, 15) is 4.39 Å². The molecule has 112 valence electrons. The first-order valence-electron chi connectivity index (χ1n) is 6.94. The smallest absolute Gasteiger partial charge is 0.259 e. The van der Waals surface area contributed by atoms with Crippen LogP contribution in [-0.4, -0.2) is 21.2 Å². The van der Waals surface area contributed by atoms with Crippen LogP contribution in [0.2, 0.25) is 0 Å². The van der Waals surface area contributed by atoms with Crippen LogP contribution in [0.1, 0.15) is 13.8 Å². The van der Waals surface area contributed by atoms with Gasteiger partial charge >= 0.3 is 0 Å². The standard InChI is InChI=1S/C16H15FN4O/c1-10(2)19-14-7-6-12(9-18-14)16-20-15(21-22-16)11-4-3-5-13(17)8-11/h3-10H,1-2H3,(H,18,19). The molecule has 0 saturated carbocycles. The molecule has 2 aromatic heterocycles. The molecule has 0 atom stereocenters. The van der Waals surface area contributed by atoms with E-state index in [4.69, 9.17) is 4.52 Å². The molecule has 3 aromatic rings. The number of hydrogen-bond acceptors (Lipinski definition) is 5. The normalized spacial score (nSPS) is 10.9. The summed E-state index contributed by atoms with van der Waals surface area (Å²) in [5.41, 5.74) is 1.28. The Kier molecular flexibility index (Phi) is 3.82. The van der Waals surface area contributed by atoms with E-state index in [2.05, 4.69) is 20.4 Å². The molecule has 0 aliphatic heterocycles. The highest BCUT2D eigenvalue weighted by Crippen LogP contribution is 2.22. The summed E-state index contributed by atoms with van der Waals surface area (Å²) in [4.78, 5) is 8.57. The number of anilines is 1. The Morgan fingerprint density at radius 3 is 2.68 bits per heavy atom. The molecule has 0 aliphatic carbocycles. The third-order valence-electron chi connectivity index (χ3n) is 2.96. The molecule has 1 aromatic carbocycles. The van der Waals surface area contributed by atoms with Crippen molar-refractivity contribution in [3.8, 4) is 22.8 Å². The van der Waals surface area contributed by atoms with Gasteiger partial charge < -0.3 is 9.84 Å². The Bertz CT molecular complexity index is 768. The first kappa shape index (κ1) is 14.2. The molecule has 0 unspecified atom stereocenters.